The van der Waals surface area contributed by atoms with Crippen molar-refractivity contribution in [3.05, 3.63) is 0 Å². The zero-order valence-electron chi connectivity index (χ0n) is 8.88. The van der Waals surface area contributed by atoms with E-state index in [4.69, 9.17) is 5.73 Å². The van der Waals surface area contributed by atoms with Gasteiger partial charge in [0.15, 0.2) is 0 Å². The molecule has 0 fully saturated rings. The normalized spacial score (nSPS) is 13.0. The van der Waals surface area contributed by atoms with Gasteiger partial charge in [-0.05, 0) is 18.8 Å². The molecule has 2 N–H and O–H groups in total. The fourth-order valence-corrected chi connectivity index (χ4v) is 1.57. The molecule has 0 saturated heterocycles. The van der Waals surface area contributed by atoms with Crippen LogP contribution in [0.1, 0.15) is 39.5 Å². The van der Waals surface area contributed by atoms with E-state index in [1.165, 1.54) is 7.11 Å². The van der Waals surface area contributed by atoms with Crippen molar-refractivity contribution in [3.63, 3.8) is 0 Å². The Morgan fingerprint density at radius 2 is 1.77 bits per heavy atom. The highest BCUT2D eigenvalue weighted by atomic mass is 16.5. The smallest absolute Gasteiger partial charge is 0.322 e. The van der Waals surface area contributed by atoms with Crippen LogP contribution in [0.2, 0.25) is 0 Å². The molecule has 0 aromatic carbocycles. The quantitative estimate of drug-likeness (QED) is 0.644. The Bertz CT molecular complexity index is 142. The van der Waals surface area contributed by atoms with E-state index in [1.54, 1.807) is 0 Å². The Balaban J connectivity index is 4.08. The van der Waals surface area contributed by atoms with Gasteiger partial charge in [0, 0.05) is 0 Å². The van der Waals surface area contributed by atoms with Crippen LogP contribution in [0, 0.1) is 5.92 Å². The van der Waals surface area contributed by atoms with Gasteiger partial charge in [0.2, 0.25) is 0 Å². The van der Waals surface area contributed by atoms with Crippen LogP contribution in [0.4, 0.5) is 0 Å². The van der Waals surface area contributed by atoms with Crippen molar-refractivity contribution < 1.29 is 9.53 Å². The summed E-state index contributed by atoms with van der Waals surface area (Å²) >= 11 is 0. The second-order valence-corrected chi connectivity index (χ2v) is 3.39. The Morgan fingerprint density at radius 1 is 1.31 bits per heavy atom. The number of esters is 1. The average Bonchev–Trinajstić information content (AvgIpc) is 2.15. The number of hydrogen-bond donors (Lipinski definition) is 1. The zero-order chi connectivity index (χ0) is 10.3. The summed E-state index contributed by atoms with van der Waals surface area (Å²) in [6.45, 7) is 4.21. The number of carbonyl (C=O) groups is 1. The lowest BCUT2D eigenvalue weighted by Gasteiger charge is -2.20. The Kier molecular flexibility index (Phi) is 6.59. The highest BCUT2D eigenvalue weighted by molar-refractivity contribution is 5.75. The van der Waals surface area contributed by atoms with Crippen molar-refractivity contribution in [2.45, 2.75) is 45.6 Å². The molecule has 0 bridgehead atoms. The van der Waals surface area contributed by atoms with E-state index in [-0.39, 0.29) is 11.9 Å². The molecule has 0 heterocycles. The third-order valence-electron chi connectivity index (χ3n) is 2.30. The molecule has 0 spiro atoms. The largest absolute Gasteiger partial charge is 0.468 e. The van der Waals surface area contributed by atoms with E-state index < -0.39 is 6.04 Å². The summed E-state index contributed by atoms with van der Waals surface area (Å²) in [6.07, 6.45) is 4.14. The molecule has 3 heteroatoms. The molecule has 0 aromatic rings. The third kappa shape index (κ3) is 4.27. The maximum Gasteiger partial charge on any atom is 0.322 e. The first-order valence-electron chi connectivity index (χ1n) is 5.00. The van der Waals surface area contributed by atoms with Gasteiger partial charge in [0.05, 0.1) is 7.11 Å². The molecule has 1 unspecified atom stereocenters. The number of methoxy groups -OCH3 is 1. The Morgan fingerprint density at radius 3 is 2.08 bits per heavy atom. The van der Waals surface area contributed by atoms with Crippen LogP contribution in [0.3, 0.4) is 0 Å². The highest BCUT2D eigenvalue weighted by Crippen LogP contribution is 2.17. The first kappa shape index (κ1) is 12.4. The van der Waals surface area contributed by atoms with Gasteiger partial charge in [-0.15, -0.1) is 0 Å². The van der Waals surface area contributed by atoms with E-state index >= 15 is 0 Å². The van der Waals surface area contributed by atoms with Gasteiger partial charge in [-0.1, -0.05) is 26.7 Å². The predicted molar refractivity (Wildman–Crippen MR) is 53.3 cm³/mol. The maximum absolute atomic E-state index is 11.2. The van der Waals surface area contributed by atoms with Crippen LogP contribution in [-0.2, 0) is 9.53 Å². The lowest BCUT2D eigenvalue weighted by Crippen LogP contribution is -2.38. The van der Waals surface area contributed by atoms with E-state index in [2.05, 4.69) is 18.6 Å². The minimum atomic E-state index is -0.440. The minimum absolute atomic E-state index is 0.280. The number of carbonyl (C=O) groups excluding carboxylic acids is 1. The van der Waals surface area contributed by atoms with E-state index in [0.29, 0.717) is 0 Å². The molecule has 0 aliphatic carbocycles. The molecule has 0 saturated carbocycles. The second-order valence-electron chi connectivity index (χ2n) is 3.39. The molecule has 0 aliphatic rings. The van der Waals surface area contributed by atoms with Crippen LogP contribution in [-0.4, -0.2) is 19.1 Å². The van der Waals surface area contributed by atoms with Crippen molar-refractivity contribution in [3.8, 4) is 0 Å². The minimum Gasteiger partial charge on any atom is -0.468 e. The predicted octanol–water partition coefficient (Wildman–Crippen LogP) is 1.70. The van der Waals surface area contributed by atoms with Crippen molar-refractivity contribution in [2.75, 3.05) is 7.11 Å². The van der Waals surface area contributed by atoms with Gasteiger partial charge in [-0.25, -0.2) is 0 Å². The lowest BCUT2D eigenvalue weighted by molar-refractivity contribution is -0.143. The molecule has 0 aromatic heterocycles. The van der Waals surface area contributed by atoms with E-state index in [0.717, 1.165) is 25.7 Å². The standard InChI is InChI=1S/C10H21NO2/c1-4-6-8(7-5-2)9(11)10(12)13-3/h8-9H,4-7,11H2,1-3H3. The lowest BCUT2D eigenvalue weighted by atomic mass is 9.91. The van der Waals surface area contributed by atoms with Gasteiger partial charge in [0.1, 0.15) is 6.04 Å². The van der Waals surface area contributed by atoms with Gasteiger partial charge in [-0.3, -0.25) is 4.79 Å². The molecule has 0 rings (SSSR count). The van der Waals surface area contributed by atoms with Crippen LogP contribution in [0.15, 0.2) is 0 Å². The first-order chi connectivity index (χ1) is 6.17. The summed E-state index contributed by atoms with van der Waals surface area (Å²) in [6, 6.07) is -0.440. The fraction of sp³-hybridized carbons (Fsp3) is 0.900. The average molecular weight is 187 g/mol. The highest BCUT2D eigenvalue weighted by Gasteiger charge is 2.23. The number of hydrogen-bond acceptors (Lipinski definition) is 3. The molecule has 13 heavy (non-hydrogen) atoms. The number of rotatable bonds is 6. The molecule has 3 nitrogen and oxygen atoms in total. The van der Waals surface area contributed by atoms with Gasteiger partial charge >= 0.3 is 5.97 Å². The SMILES string of the molecule is CCCC(CCC)C(N)C(=O)OC. The van der Waals surface area contributed by atoms with Crippen LogP contribution >= 0.6 is 0 Å². The van der Waals surface area contributed by atoms with Gasteiger partial charge in [0.25, 0.3) is 0 Å². The number of ether oxygens (including phenoxy) is 1. The van der Waals surface area contributed by atoms with Crippen molar-refractivity contribution in [2.24, 2.45) is 11.7 Å². The summed E-state index contributed by atoms with van der Waals surface area (Å²) in [5.74, 6) is -0.00523. The second kappa shape index (κ2) is 6.89. The summed E-state index contributed by atoms with van der Waals surface area (Å²) in [4.78, 5) is 11.2. The van der Waals surface area contributed by atoms with E-state index in [1.807, 2.05) is 0 Å². The summed E-state index contributed by atoms with van der Waals surface area (Å²) < 4.78 is 4.62. The fourth-order valence-electron chi connectivity index (χ4n) is 1.57. The summed E-state index contributed by atoms with van der Waals surface area (Å²) in [5, 5.41) is 0. The maximum atomic E-state index is 11.2. The van der Waals surface area contributed by atoms with Gasteiger partial charge in [-0.2, -0.15) is 0 Å². The zero-order valence-corrected chi connectivity index (χ0v) is 8.88. The molecular weight excluding hydrogens is 166 g/mol. The first-order valence-corrected chi connectivity index (χ1v) is 5.00. The van der Waals surface area contributed by atoms with Crippen molar-refractivity contribution >= 4 is 5.97 Å². The van der Waals surface area contributed by atoms with Crippen LogP contribution in [0.25, 0.3) is 0 Å². The summed E-state index contributed by atoms with van der Waals surface area (Å²) in [7, 11) is 1.39. The third-order valence-corrected chi connectivity index (χ3v) is 2.30. The summed E-state index contributed by atoms with van der Waals surface area (Å²) in [5.41, 5.74) is 5.77. The van der Waals surface area contributed by atoms with Crippen molar-refractivity contribution in [1.29, 1.82) is 0 Å². The molecule has 0 amide bonds. The molecule has 0 aliphatic heterocycles. The molecular formula is C10H21NO2. The molecule has 78 valence electrons. The van der Waals surface area contributed by atoms with E-state index in [9.17, 15) is 4.79 Å². The Labute approximate surface area is 80.6 Å². The van der Waals surface area contributed by atoms with Crippen molar-refractivity contribution in [1.82, 2.24) is 0 Å². The van der Waals surface area contributed by atoms with Crippen LogP contribution in [0.5, 0.6) is 0 Å². The molecule has 0 radical (unpaired) electrons. The van der Waals surface area contributed by atoms with Crippen LogP contribution < -0.4 is 5.73 Å². The molecule has 1 atom stereocenters. The number of nitrogens with two attached hydrogens (primary N) is 1. The monoisotopic (exact) mass is 187 g/mol. The van der Waals surface area contributed by atoms with Gasteiger partial charge < -0.3 is 10.5 Å². The Hall–Kier alpha value is -0.570. The topological polar surface area (TPSA) is 52.3 Å².